The maximum Gasteiger partial charge on any atom is 0.203 e. The number of rotatable bonds is 3. The minimum atomic E-state index is 0.177. The van der Waals surface area contributed by atoms with Gasteiger partial charge < -0.3 is 11.1 Å². The summed E-state index contributed by atoms with van der Waals surface area (Å²) in [6.45, 7) is 3.96. The molecular formula is C11H14N4S. The third-order valence-corrected chi connectivity index (χ3v) is 3.02. The normalized spacial score (nSPS) is 12.4. The van der Waals surface area contributed by atoms with E-state index in [0.717, 1.165) is 22.2 Å². The van der Waals surface area contributed by atoms with Gasteiger partial charge in [0, 0.05) is 17.2 Å². The second-order valence-corrected chi connectivity index (χ2v) is 4.43. The summed E-state index contributed by atoms with van der Waals surface area (Å²) in [6, 6.07) is 8.02. The van der Waals surface area contributed by atoms with Gasteiger partial charge in [0.15, 0.2) is 0 Å². The lowest BCUT2D eigenvalue weighted by atomic mass is 10.1. The number of nitrogen functional groups attached to an aromatic ring is 1. The van der Waals surface area contributed by atoms with Gasteiger partial charge >= 0.3 is 0 Å². The summed E-state index contributed by atoms with van der Waals surface area (Å²) >= 11 is 1.37. The Labute approximate surface area is 98.7 Å². The Morgan fingerprint density at radius 2 is 2.25 bits per heavy atom. The molecule has 0 amide bonds. The fourth-order valence-electron chi connectivity index (χ4n) is 1.45. The first-order chi connectivity index (χ1) is 7.65. The van der Waals surface area contributed by atoms with Gasteiger partial charge in [0.2, 0.25) is 5.13 Å². The quantitative estimate of drug-likeness (QED) is 0.801. The first-order valence-corrected chi connectivity index (χ1v) is 5.85. The van der Waals surface area contributed by atoms with Crippen LogP contribution in [0, 0.1) is 6.92 Å². The predicted molar refractivity (Wildman–Crippen MR) is 67.5 cm³/mol. The monoisotopic (exact) mass is 234 g/mol. The Morgan fingerprint density at radius 3 is 2.88 bits per heavy atom. The maximum absolute atomic E-state index is 5.74. The molecule has 0 radical (unpaired) electrons. The summed E-state index contributed by atoms with van der Waals surface area (Å²) in [6.07, 6.45) is 0. The van der Waals surface area contributed by atoms with Crippen LogP contribution in [0.4, 0.5) is 10.8 Å². The minimum Gasteiger partial charge on any atom is -0.399 e. The van der Waals surface area contributed by atoms with Crippen LogP contribution in [0.25, 0.3) is 0 Å². The van der Waals surface area contributed by atoms with E-state index in [9.17, 15) is 0 Å². The van der Waals surface area contributed by atoms with Crippen molar-refractivity contribution < 1.29 is 0 Å². The van der Waals surface area contributed by atoms with Crippen LogP contribution in [0.15, 0.2) is 24.3 Å². The molecule has 0 saturated heterocycles. The van der Waals surface area contributed by atoms with Gasteiger partial charge in [0.05, 0.1) is 6.04 Å². The molecule has 1 unspecified atom stereocenters. The molecule has 0 aliphatic carbocycles. The standard InChI is InChI=1S/C11H14N4S/c1-7(9-4-3-5-10(12)6-9)13-11-14-8(2)15-16-11/h3-7H,12H2,1-2H3,(H,13,14,15). The number of hydrogen-bond donors (Lipinski definition) is 2. The first-order valence-electron chi connectivity index (χ1n) is 5.07. The number of hydrogen-bond acceptors (Lipinski definition) is 5. The Bertz CT molecular complexity index is 480. The average molecular weight is 234 g/mol. The summed E-state index contributed by atoms with van der Waals surface area (Å²) in [5.41, 5.74) is 7.66. The Hall–Kier alpha value is -1.62. The molecule has 2 rings (SSSR count). The van der Waals surface area contributed by atoms with Crippen molar-refractivity contribution in [2.75, 3.05) is 11.1 Å². The zero-order chi connectivity index (χ0) is 11.5. The molecular weight excluding hydrogens is 220 g/mol. The molecule has 0 aliphatic rings. The van der Waals surface area contributed by atoms with Gasteiger partial charge in [-0.25, -0.2) is 4.98 Å². The van der Waals surface area contributed by atoms with E-state index in [0.29, 0.717) is 0 Å². The number of nitrogens with two attached hydrogens (primary N) is 1. The molecule has 4 nitrogen and oxygen atoms in total. The largest absolute Gasteiger partial charge is 0.399 e. The molecule has 16 heavy (non-hydrogen) atoms. The lowest BCUT2D eigenvalue weighted by molar-refractivity contribution is 0.880. The Kier molecular flexibility index (Phi) is 3.05. The molecule has 1 aromatic heterocycles. The third-order valence-electron chi connectivity index (χ3n) is 2.28. The van der Waals surface area contributed by atoms with Crippen LogP contribution in [-0.2, 0) is 0 Å². The highest BCUT2D eigenvalue weighted by atomic mass is 32.1. The van der Waals surface area contributed by atoms with E-state index in [1.807, 2.05) is 31.2 Å². The summed E-state index contributed by atoms with van der Waals surface area (Å²) in [5.74, 6) is 0.798. The number of nitrogens with zero attached hydrogens (tertiary/aromatic N) is 2. The molecule has 0 saturated carbocycles. The number of aryl methyl sites for hydroxylation is 1. The summed E-state index contributed by atoms with van der Waals surface area (Å²) in [7, 11) is 0. The first kappa shape index (κ1) is 10.9. The fourth-order valence-corrected chi connectivity index (χ4v) is 2.11. The smallest absolute Gasteiger partial charge is 0.203 e. The second kappa shape index (κ2) is 4.49. The number of benzene rings is 1. The van der Waals surface area contributed by atoms with Gasteiger partial charge in [-0.05, 0) is 31.5 Å². The number of anilines is 2. The van der Waals surface area contributed by atoms with E-state index in [2.05, 4.69) is 21.6 Å². The maximum atomic E-state index is 5.74. The SMILES string of the molecule is Cc1nsc(NC(C)c2cccc(N)c2)n1. The van der Waals surface area contributed by atoms with Crippen molar-refractivity contribution in [1.29, 1.82) is 0 Å². The van der Waals surface area contributed by atoms with E-state index in [-0.39, 0.29) is 6.04 Å². The van der Waals surface area contributed by atoms with Crippen molar-refractivity contribution in [2.45, 2.75) is 19.9 Å². The van der Waals surface area contributed by atoms with E-state index in [4.69, 9.17) is 5.73 Å². The molecule has 84 valence electrons. The lowest BCUT2D eigenvalue weighted by Gasteiger charge is -2.13. The molecule has 1 heterocycles. The number of aromatic nitrogens is 2. The number of nitrogens with one attached hydrogen (secondary N) is 1. The zero-order valence-electron chi connectivity index (χ0n) is 9.27. The zero-order valence-corrected chi connectivity index (χ0v) is 10.1. The van der Waals surface area contributed by atoms with E-state index in [1.165, 1.54) is 11.5 Å². The van der Waals surface area contributed by atoms with E-state index >= 15 is 0 Å². The van der Waals surface area contributed by atoms with Gasteiger partial charge in [0.1, 0.15) is 5.82 Å². The van der Waals surface area contributed by atoms with Crippen molar-refractivity contribution in [1.82, 2.24) is 9.36 Å². The third kappa shape index (κ3) is 2.49. The van der Waals surface area contributed by atoms with Gasteiger partial charge in [0.25, 0.3) is 0 Å². The van der Waals surface area contributed by atoms with Crippen LogP contribution < -0.4 is 11.1 Å². The van der Waals surface area contributed by atoms with Crippen LogP contribution in [-0.4, -0.2) is 9.36 Å². The summed E-state index contributed by atoms with van der Waals surface area (Å²) in [4.78, 5) is 4.26. The van der Waals surface area contributed by atoms with Crippen molar-refractivity contribution in [3.8, 4) is 0 Å². The van der Waals surface area contributed by atoms with Crippen molar-refractivity contribution in [2.24, 2.45) is 0 Å². The Balaban J connectivity index is 2.11. The molecule has 5 heteroatoms. The molecule has 3 N–H and O–H groups in total. The Morgan fingerprint density at radius 1 is 1.44 bits per heavy atom. The molecule has 2 aromatic rings. The van der Waals surface area contributed by atoms with Gasteiger partial charge in [-0.1, -0.05) is 12.1 Å². The lowest BCUT2D eigenvalue weighted by Crippen LogP contribution is -2.06. The molecule has 0 aliphatic heterocycles. The highest BCUT2D eigenvalue weighted by molar-refractivity contribution is 7.09. The van der Waals surface area contributed by atoms with Gasteiger partial charge in [-0.2, -0.15) is 4.37 Å². The van der Waals surface area contributed by atoms with Crippen LogP contribution in [0.5, 0.6) is 0 Å². The van der Waals surface area contributed by atoms with Crippen LogP contribution in [0.3, 0.4) is 0 Å². The predicted octanol–water partition coefficient (Wildman–Crippen LogP) is 2.60. The summed E-state index contributed by atoms with van der Waals surface area (Å²) < 4.78 is 4.12. The van der Waals surface area contributed by atoms with Crippen molar-refractivity contribution in [3.05, 3.63) is 35.7 Å². The van der Waals surface area contributed by atoms with Crippen LogP contribution >= 0.6 is 11.5 Å². The van der Waals surface area contributed by atoms with E-state index in [1.54, 1.807) is 0 Å². The van der Waals surface area contributed by atoms with Crippen molar-refractivity contribution >= 4 is 22.4 Å². The highest BCUT2D eigenvalue weighted by Crippen LogP contribution is 2.21. The average Bonchev–Trinajstić information content (AvgIpc) is 2.64. The topological polar surface area (TPSA) is 63.8 Å². The molecule has 1 atom stereocenters. The molecule has 0 fully saturated rings. The van der Waals surface area contributed by atoms with Crippen LogP contribution in [0.2, 0.25) is 0 Å². The van der Waals surface area contributed by atoms with Gasteiger partial charge in [-0.15, -0.1) is 0 Å². The van der Waals surface area contributed by atoms with Crippen molar-refractivity contribution in [3.63, 3.8) is 0 Å². The molecule has 1 aromatic carbocycles. The second-order valence-electron chi connectivity index (χ2n) is 3.68. The molecule has 0 spiro atoms. The minimum absolute atomic E-state index is 0.177. The van der Waals surface area contributed by atoms with E-state index < -0.39 is 0 Å². The summed E-state index contributed by atoms with van der Waals surface area (Å²) in [5, 5.41) is 4.14. The highest BCUT2D eigenvalue weighted by Gasteiger charge is 2.07. The fraction of sp³-hybridized carbons (Fsp3) is 0.273. The van der Waals surface area contributed by atoms with Gasteiger partial charge in [-0.3, -0.25) is 0 Å². The van der Waals surface area contributed by atoms with Crippen LogP contribution in [0.1, 0.15) is 24.4 Å². The molecule has 0 bridgehead atoms.